The molecule has 2 bridgehead atoms. The Labute approximate surface area is 209 Å². The zero-order valence-corrected chi connectivity index (χ0v) is 21.6. The predicted molar refractivity (Wildman–Crippen MR) is 127 cm³/mol. The van der Waals surface area contributed by atoms with Gasteiger partial charge in [0.25, 0.3) is 0 Å². The van der Waals surface area contributed by atoms with Crippen LogP contribution in [0.2, 0.25) is 0 Å². The molecule has 202 valence electrons. The molecule has 12 atom stereocenters. The van der Waals surface area contributed by atoms with Gasteiger partial charge in [0.15, 0.2) is 6.29 Å². The molecule has 1 spiro atoms. The maximum atomic E-state index is 11.2. The molecular formula is C27H46O8. The Balaban J connectivity index is 1.33. The molecule has 8 heteroatoms. The molecule has 0 radical (unpaired) electrons. The molecule has 5 N–H and O–H groups in total. The minimum absolute atomic E-state index is 0.0990. The van der Waals surface area contributed by atoms with E-state index >= 15 is 0 Å². The SMILES string of the molecule is CO[C@H]1[C@H](O)[C@@H](O)[C@H](OC[C@@]2(C)CCC[C@]3(C)[C@@H]2CC[C@@]24C[C@@H](CC[C@H]23)[C@@](O)(CO)C4)O[C@@H]1CO. The van der Waals surface area contributed by atoms with Gasteiger partial charge in [-0.05, 0) is 85.4 Å². The van der Waals surface area contributed by atoms with Crippen molar-refractivity contribution in [1.29, 1.82) is 0 Å². The summed E-state index contributed by atoms with van der Waals surface area (Å²) in [5.41, 5.74) is -0.752. The van der Waals surface area contributed by atoms with E-state index < -0.39 is 36.3 Å². The fourth-order valence-corrected chi connectivity index (χ4v) is 9.87. The molecule has 1 heterocycles. The number of fused-ring (bicyclic) bond motifs is 3. The van der Waals surface area contributed by atoms with Gasteiger partial charge in [-0.2, -0.15) is 0 Å². The number of hydrogen-bond donors (Lipinski definition) is 5. The van der Waals surface area contributed by atoms with Gasteiger partial charge in [-0.1, -0.05) is 20.3 Å². The van der Waals surface area contributed by atoms with E-state index in [2.05, 4.69) is 13.8 Å². The first-order chi connectivity index (χ1) is 16.6. The zero-order valence-electron chi connectivity index (χ0n) is 21.6. The molecule has 0 unspecified atom stereocenters. The summed E-state index contributed by atoms with van der Waals surface area (Å²) in [5.74, 6) is 1.20. The van der Waals surface area contributed by atoms with Crippen LogP contribution in [0, 0.1) is 34.0 Å². The standard InChI is InChI=1S/C27H46O8/c1-24(15-34-23-21(31)20(30)22(33-3)17(12-28)35-23)8-4-9-25(2)18(24)7-10-26-11-16(5-6-19(25)26)27(32,13-26)14-29/h16-23,28-32H,4-15H2,1-3H3/t16-,17-,18-,19+,20-,21-,22-,23-,24-,25-,26+,27+/m1/s1. The minimum atomic E-state index is -1.25. The van der Waals surface area contributed by atoms with Gasteiger partial charge in [0.05, 0.1) is 25.4 Å². The van der Waals surface area contributed by atoms with Crippen molar-refractivity contribution in [3.8, 4) is 0 Å². The van der Waals surface area contributed by atoms with Crippen LogP contribution in [0.5, 0.6) is 0 Å². The number of methoxy groups -OCH3 is 1. The molecule has 1 saturated heterocycles. The van der Waals surface area contributed by atoms with E-state index in [1.54, 1.807) is 0 Å². The molecule has 5 rings (SSSR count). The summed E-state index contributed by atoms with van der Waals surface area (Å²) >= 11 is 0. The highest BCUT2D eigenvalue weighted by molar-refractivity contribution is 5.17. The van der Waals surface area contributed by atoms with Crippen molar-refractivity contribution in [2.45, 2.75) is 108 Å². The number of rotatable bonds is 6. The Morgan fingerprint density at radius 2 is 1.74 bits per heavy atom. The molecule has 4 aliphatic carbocycles. The zero-order chi connectivity index (χ0) is 25.2. The number of ether oxygens (including phenoxy) is 3. The van der Waals surface area contributed by atoms with Crippen LogP contribution in [-0.4, -0.2) is 88.8 Å². The summed E-state index contributed by atoms with van der Waals surface area (Å²) < 4.78 is 17.3. The summed E-state index contributed by atoms with van der Waals surface area (Å²) in [5, 5.41) is 52.0. The number of hydrogen-bond acceptors (Lipinski definition) is 8. The first-order valence-corrected chi connectivity index (χ1v) is 13.7. The van der Waals surface area contributed by atoms with Crippen LogP contribution in [0.25, 0.3) is 0 Å². The summed E-state index contributed by atoms with van der Waals surface area (Å²) in [6.07, 6.45) is 4.30. The second-order valence-electron chi connectivity index (χ2n) is 13.2. The lowest BCUT2D eigenvalue weighted by molar-refractivity contribution is -0.313. The smallest absolute Gasteiger partial charge is 0.186 e. The lowest BCUT2D eigenvalue weighted by Crippen LogP contribution is -2.61. The Bertz CT molecular complexity index is 778. The first-order valence-electron chi connectivity index (χ1n) is 13.7. The van der Waals surface area contributed by atoms with E-state index in [9.17, 15) is 25.5 Å². The van der Waals surface area contributed by atoms with E-state index in [1.165, 1.54) is 13.5 Å². The predicted octanol–water partition coefficient (Wildman–Crippen LogP) is 1.59. The largest absolute Gasteiger partial charge is 0.394 e. The first kappa shape index (κ1) is 26.3. The van der Waals surface area contributed by atoms with Gasteiger partial charge in [0, 0.05) is 7.11 Å². The Morgan fingerprint density at radius 1 is 0.971 bits per heavy atom. The van der Waals surface area contributed by atoms with E-state index in [1.807, 2.05) is 0 Å². The van der Waals surface area contributed by atoms with Gasteiger partial charge in [0.2, 0.25) is 0 Å². The van der Waals surface area contributed by atoms with Crippen LogP contribution in [0.1, 0.15) is 71.6 Å². The molecule has 0 amide bonds. The normalized spacial score (nSPS) is 55.9. The molecule has 0 aromatic rings. The van der Waals surface area contributed by atoms with Gasteiger partial charge >= 0.3 is 0 Å². The molecule has 35 heavy (non-hydrogen) atoms. The average Bonchev–Trinajstić information content (AvgIpc) is 3.04. The molecule has 0 aromatic heterocycles. The molecule has 0 aromatic carbocycles. The van der Waals surface area contributed by atoms with E-state index in [-0.39, 0.29) is 35.4 Å². The van der Waals surface area contributed by atoms with Gasteiger partial charge in [-0.15, -0.1) is 0 Å². The van der Waals surface area contributed by atoms with Crippen LogP contribution in [0.3, 0.4) is 0 Å². The van der Waals surface area contributed by atoms with E-state index in [0.717, 1.165) is 51.4 Å². The second-order valence-corrected chi connectivity index (χ2v) is 13.2. The average molecular weight is 499 g/mol. The van der Waals surface area contributed by atoms with Crippen LogP contribution >= 0.6 is 0 Å². The lowest BCUT2D eigenvalue weighted by atomic mass is 9.41. The fraction of sp³-hybridized carbons (Fsp3) is 1.00. The van der Waals surface area contributed by atoms with Gasteiger partial charge < -0.3 is 39.7 Å². The van der Waals surface area contributed by atoms with Crippen LogP contribution in [0.15, 0.2) is 0 Å². The molecule has 8 nitrogen and oxygen atoms in total. The third kappa shape index (κ3) is 3.94. The highest BCUT2D eigenvalue weighted by Crippen LogP contribution is 2.72. The maximum Gasteiger partial charge on any atom is 0.186 e. The molecule has 5 fully saturated rings. The van der Waals surface area contributed by atoms with Crippen molar-refractivity contribution >= 4 is 0 Å². The van der Waals surface area contributed by atoms with E-state index in [4.69, 9.17) is 14.2 Å². The topological polar surface area (TPSA) is 129 Å². The highest BCUT2D eigenvalue weighted by atomic mass is 16.7. The monoisotopic (exact) mass is 498 g/mol. The fourth-order valence-electron chi connectivity index (χ4n) is 9.87. The number of aliphatic hydroxyl groups is 5. The quantitative estimate of drug-likeness (QED) is 0.374. The van der Waals surface area contributed by atoms with Crippen LogP contribution < -0.4 is 0 Å². The third-order valence-electron chi connectivity index (χ3n) is 11.4. The maximum absolute atomic E-state index is 11.2. The third-order valence-corrected chi connectivity index (χ3v) is 11.4. The molecular weight excluding hydrogens is 452 g/mol. The molecule has 4 saturated carbocycles. The van der Waals surface area contributed by atoms with E-state index in [0.29, 0.717) is 18.4 Å². The summed E-state index contributed by atoms with van der Waals surface area (Å²) in [6.45, 7) is 4.71. The Hall–Kier alpha value is -0.320. The Kier molecular flexibility index (Phi) is 6.88. The van der Waals surface area contributed by atoms with Crippen LogP contribution in [0.4, 0.5) is 0 Å². The second kappa shape index (κ2) is 9.16. The van der Waals surface area contributed by atoms with Crippen LogP contribution in [-0.2, 0) is 14.2 Å². The van der Waals surface area contributed by atoms with Crippen molar-refractivity contribution in [2.75, 3.05) is 26.9 Å². The Morgan fingerprint density at radius 3 is 2.43 bits per heavy atom. The van der Waals surface area contributed by atoms with Crippen molar-refractivity contribution in [3.63, 3.8) is 0 Å². The van der Waals surface area contributed by atoms with Crippen molar-refractivity contribution in [3.05, 3.63) is 0 Å². The summed E-state index contributed by atoms with van der Waals surface area (Å²) in [6, 6.07) is 0. The van der Waals surface area contributed by atoms with Crippen molar-refractivity contribution in [2.24, 2.45) is 34.0 Å². The summed E-state index contributed by atoms with van der Waals surface area (Å²) in [4.78, 5) is 0. The minimum Gasteiger partial charge on any atom is -0.394 e. The molecule has 5 aliphatic rings. The van der Waals surface area contributed by atoms with Gasteiger partial charge in [0.1, 0.15) is 24.4 Å². The van der Waals surface area contributed by atoms with Gasteiger partial charge in [-0.3, -0.25) is 0 Å². The lowest BCUT2D eigenvalue weighted by Gasteiger charge is -2.64. The highest BCUT2D eigenvalue weighted by Gasteiger charge is 2.67. The van der Waals surface area contributed by atoms with Crippen molar-refractivity contribution in [1.82, 2.24) is 0 Å². The molecule has 1 aliphatic heterocycles. The number of aliphatic hydroxyl groups excluding tert-OH is 4. The van der Waals surface area contributed by atoms with Gasteiger partial charge in [-0.25, -0.2) is 0 Å². The summed E-state index contributed by atoms with van der Waals surface area (Å²) in [7, 11) is 1.42. The van der Waals surface area contributed by atoms with Crippen molar-refractivity contribution < 1.29 is 39.7 Å².